The molecule has 0 spiro atoms. The molecular formula is C20H28O. The molecule has 114 valence electrons. The van der Waals surface area contributed by atoms with Gasteiger partial charge < -0.3 is 5.11 Å². The number of rotatable bonds is 4. The molecule has 0 heterocycles. The van der Waals surface area contributed by atoms with Crippen LogP contribution in [0.2, 0.25) is 0 Å². The van der Waals surface area contributed by atoms with Gasteiger partial charge in [0.05, 0.1) is 6.10 Å². The van der Waals surface area contributed by atoms with E-state index in [0.29, 0.717) is 0 Å². The molecule has 2 bridgehead atoms. The fraction of sp³-hybridized carbons (Fsp3) is 0.700. The average Bonchev–Trinajstić information content (AvgIpc) is 3.25. The van der Waals surface area contributed by atoms with Crippen LogP contribution in [0.4, 0.5) is 0 Å². The Morgan fingerprint density at radius 2 is 1.81 bits per heavy atom. The van der Waals surface area contributed by atoms with Gasteiger partial charge in [-0.15, -0.1) is 0 Å². The summed E-state index contributed by atoms with van der Waals surface area (Å²) in [6.45, 7) is 0. The summed E-state index contributed by atoms with van der Waals surface area (Å²) in [6, 6.07) is 10.9. The van der Waals surface area contributed by atoms with Gasteiger partial charge in [0.25, 0.3) is 0 Å². The Bertz CT molecular complexity index is 474. The highest BCUT2D eigenvalue weighted by atomic mass is 16.3. The Morgan fingerprint density at radius 1 is 1.05 bits per heavy atom. The van der Waals surface area contributed by atoms with E-state index in [1.165, 1.54) is 56.9 Å². The van der Waals surface area contributed by atoms with Gasteiger partial charge in [0.1, 0.15) is 0 Å². The quantitative estimate of drug-likeness (QED) is 0.850. The lowest BCUT2D eigenvalue weighted by Crippen LogP contribution is -2.39. The van der Waals surface area contributed by atoms with Crippen LogP contribution in [0, 0.1) is 17.8 Å². The van der Waals surface area contributed by atoms with Gasteiger partial charge >= 0.3 is 0 Å². The summed E-state index contributed by atoms with van der Waals surface area (Å²) in [5, 5.41) is 11.1. The van der Waals surface area contributed by atoms with Gasteiger partial charge in [-0.1, -0.05) is 49.6 Å². The van der Waals surface area contributed by atoms with E-state index in [-0.39, 0.29) is 11.5 Å². The molecule has 3 aliphatic rings. The molecule has 0 aromatic heterocycles. The molecule has 0 aliphatic heterocycles. The van der Waals surface area contributed by atoms with Crippen molar-refractivity contribution in [1.29, 1.82) is 0 Å². The zero-order chi connectivity index (χ0) is 14.3. The zero-order valence-electron chi connectivity index (χ0n) is 13.0. The van der Waals surface area contributed by atoms with E-state index in [0.717, 1.165) is 24.2 Å². The predicted octanol–water partition coefficient (Wildman–Crippen LogP) is 4.69. The topological polar surface area (TPSA) is 20.2 Å². The van der Waals surface area contributed by atoms with Crippen molar-refractivity contribution < 1.29 is 5.11 Å². The molecule has 1 heteroatoms. The molecule has 1 aromatic carbocycles. The van der Waals surface area contributed by atoms with Crippen molar-refractivity contribution in [2.24, 2.45) is 17.8 Å². The van der Waals surface area contributed by atoms with Crippen LogP contribution in [0.1, 0.15) is 63.4 Å². The maximum atomic E-state index is 11.1. The summed E-state index contributed by atoms with van der Waals surface area (Å²) >= 11 is 0. The molecule has 4 unspecified atom stereocenters. The Balaban J connectivity index is 1.54. The second-order valence-electron chi connectivity index (χ2n) is 7.92. The maximum absolute atomic E-state index is 11.1. The number of aliphatic hydroxyl groups is 1. The molecule has 21 heavy (non-hydrogen) atoms. The van der Waals surface area contributed by atoms with Crippen molar-refractivity contribution in [2.75, 3.05) is 0 Å². The van der Waals surface area contributed by atoms with E-state index in [9.17, 15) is 5.11 Å². The first-order valence-electron chi connectivity index (χ1n) is 9.01. The fourth-order valence-electron chi connectivity index (χ4n) is 5.77. The van der Waals surface area contributed by atoms with Gasteiger partial charge in [-0.3, -0.25) is 0 Å². The molecule has 3 fully saturated rings. The van der Waals surface area contributed by atoms with Crippen LogP contribution < -0.4 is 0 Å². The molecule has 3 saturated carbocycles. The van der Waals surface area contributed by atoms with Crippen LogP contribution in [0.15, 0.2) is 30.3 Å². The minimum Gasteiger partial charge on any atom is -0.392 e. The standard InChI is InChI=1S/C20H28O/c21-19(14-17-13-15-8-9-16(17)12-15)20(10-4-5-11-20)18-6-2-1-3-7-18/h1-3,6-7,15-17,19,21H,4-5,8-14H2. The van der Waals surface area contributed by atoms with Crippen LogP contribution in [0.5, 0.6) is 0 Å². The Morgan fingerprint density at radius 3 is 2.43 bits per heavy atom. The van der Waals surface area contributed by atoms with Crippen LogP contribution in [-0.4, -0.2) is 11.2 Å². The highest BCUT2D eigenvalue weighted by Crippen LogP contribution is 2.52. The zero-order valence-corrected chi connectivity index (χ0v) is 13.0. The number of aliphatic hydroxyl groups excluding tert-OH is 1. The number of fused-ring (bicyclic) bond motifs is 2. The lowest BCUT2D eigenvalue weighted by Gasteiger charge is -2.37. The summed E-state index contributed by atoms with van der Waals surface area (Å²) in [6.07, 6.45) is 11.6. The third-order valence-electron chi connectivity index (χ3n) is 6.89. The molecule has 1 aromatic rings. The highest BCUT2D eigenvalue weighted by molar-refractivity contribution is 5.28. The Kier molecular flexibility index (Phi) is 3.57. The van der Waals surface area contributed by atoms with Gasteiger partial charge in [-0.05, 0) is 61.8 Å². The second kappa shape index (κ2) is 5.43. The van der Waals surface area contributed by atoms with E-state index in [4.69, 9.17) is 0 Å². The largest absolute Gasteiger partial charge is 0.392 e. The van der Waals surface area contributed by atoms with E-state index >= 15 is 0 Å². The van der Waals surface area contributed by atoms with E-state index in [2.05, 4.69) is 30.3 Å². The Labute approximate surface area is 128 Å². The molecule has 0 saturated heterocycles. The first kappa shape index (κ1) is 13.8. The van der Waals surface area contributed by atoms with E-state index in [1.807, 2.05) is 0 Å². The average molecular weight is 284 g/mol. The summed E-state index contributed by atoms with van der Waals surface area (Å²) in [7, 11) is 0. The van der Waals surface area contributed by atoms with Crippen molar-refractivity contribution in [3.05, 3.63) is 35.9 Å². The minimum atomic E-state index is -0.133. The van der Waals surface area contributed by atoms with Crippen molar-refractivity contribution in [2.45, 2.75) is 69.3 Å². The van der Waals surface area contributed by atoms with Gasteiger partial charge in [0.2, 0.25) is 0 Å². The summed E-state index contributed by atoms with van der Waals surface area (Å²) in [5.41, 5.74) is 1.45. The number of benzene rings is 1. The molecular weight excluding hydrogens is 256 g/mol. The smallest absolute Gasteiger partial charge is 0.0639 e. The van der Waals surface area contributed by atoms with Crippen LogP contribution in [0.3, 0.4) is 0 Å². The van der Waals surface area contributed by atoms with Crippen LogP contribution >= 0.6 is 0 Å². The van der Waals surface area contributed by atoms with E-state index < -0.39 is 0 Å². The van der Waals surface area contributed by atoms with Crippen LogP contribution in [-0.2, 0) is 5.41 Å². The summed E-state index contributed by atoms with van der Waals surface area (Å²) < 4.78 is 0. The summed E-state index contributed by atoms with van der Waals surface area (Å²) in [4.78, 5) is 0. The fourth-order valence-corrected chi connectivity index (χ4v) is 5.77. The lowest BCUT2D eigenvalue weighted by molar-refractivity contribution is 0.0495. The highest BCUT2D eigenvalue weighted by Gasteiger charge is 2.46. The van der Waals surface area contributed by atoms with E-state index in [1.54, 1.807) is 0 Å². The van der Waals surface area contributed by atoms with Crippen molar-refractivity contribution >= 4 is 0 Å². The normalized spacial score (nSPS) is 35.2. The lowest BCUT2D eigenvalue weighted by atomic mass is 9.70. The first-order valence-corrected chi connectivity index (χ1v) is 9.01. The number of hydrogen-bond acceptors (Lipinski definition) is 1. The molecule has 1 nitrogen and oxygen atoms in total. The molecule has 4 rings (SSSR count). The van der Waals surface area contributed by atoms with Crippen LogP contribution in [0.25, 0.3) is 0 Å². The Hall–Kier alpha value is -0.820. The molecule has 1 N–H and O–H groups in total. The molecule has 0 radical (unpaired) electrons. The van der Waals surface area contributed by atoms with Crippen molar-refractivity contribution in [1.82, 2.24) is 0 Å². The SMILES string of the molecule is OC(CC1CC2CCC1C2)C1(c2ccccc2)CCCC1. The van der Waals surface area contributed by atoms with Gasteiger partial charge in [0, 0.05) is 5.41 Å². The summed E-state index contributed by atoms with van der Waals surface area (Å²) in [5.74, 6) is 2.72. The predicted molar refractivity (Wildman–Crippen MR) is 86.1 cm³/mol. The van der Waals surface area contributed by atoms with Gasteiger partial charge in [-0.25, -0.2) is 0 Å². The second-order valence-corrected chi connectivity index (χ2v) is 7.92. The first-order chi connectivity index (χ1) is 10.3. The minimum absolute atomic E-state index is 0.0586. The third kappa shape index (κ3) is 2.34. The molecule has 3 aliphatic carbocycles. The third-order valence-corrected chi connectivity index (χ3v) is 6.89. The number of hydrogen-bond donors (Lipinski definition) is 1. The molecule has 4 atom stereocenters. The van der Waals surface area contributed by atoms with Gasteiger partial charge in [0.15, 0.2) is 0 Å². The van der Waals surface area contributed by atoms with Crippen molar-refractivity contribution in [3.8, 4) is 0 Å². The van der Waals surface area contributed by atoms with Gasteiger partial charge in [-0.2, -0.15) is 0 Å². The molecule has 0 amide bonds. The maximum Gasteiger partial charge on any atom is 0.0639 e. The monoisotopic (exact) mass is 284 g/mol. The van der Waals surface area contributed by atoms with Crippen molar-refractivity contribution in [3.63, 3.8) is 0 Å².